The minimum absolute atomic E-state index is 0.00108. The van der Waals surface area contributed by atoms with Crippen LogP contribution in [0.5, 0.6) is 0 Å². The first-order chi connectivity index (χ1) is 9.63. The second-order valence-corrected chi connectivity index (χ2v) is 4.89. The summed E-state index contributed by atoms with van der Waals surface area (Å²) in [6.45, 7) is 2.03. The van der Waals surface area contributed by atoms with Crippen LogP contribution in [0, 0.1) is 17.1 Å². The molecule has 2 nitrogen and oxygen atoms in total. The number of nitrogens with one attached hydrogen (secondary N) is 1. The Morgan fingerprint density at radius 2 is 1.95 bits per heavy atom. The lowest BCUT2D eigenvalue weighted by molar-refractivity contribution is 0.625. The molecule has 0 heterocycles. The Morgan fingerprint density at radius 1 is 1.25 bits per heavy atom. The second kappa shape index (κ2) is 6.40. The van der Waals surface area contributed by atoms with Gasteiger partial charge in [-0.25, -0.2) is 4.39 Å². The first-order valence-corrected chi connectivity index (χ1v) is 6.73. The van der Waals surface area contributed by atoms with Crippen molar-refractivity contribution in [3.63, 3.8) is 0 Å². The van der Waals surface area contributed by atoms with Crippen LogP contribution in [0.2, 0.25) is 5.02 Å². The Bertz CT molecular complexity index is 632. The lowest BCUT2D eigenvalue weighted by Crippen LogP contribution is -2.10. The topological polar surface area (TPSA) is 35.8 Å². The standard InChI is InChI=1S/C16H14ClFN2/c1-2-15(11-4-7-14(18)8-5-11)20-16-9-13(17)6-3-12(16)10-19/h3-9,15,20H,2H2,1H3. The lowest BCUT2D eigenvalue weighted by atomic mass is 10.0. The number of halogens is 2. The van der Waals surface area contributed by atoms with E-state index in [0.29, 0.717) is 16.3 Å². The smallest absolute Gasteiger partial charge is 0.123 e. The summed E-state index contributed by atoms with van der Waals surface area (Å²) in [6.07, 6.45) is 0.809. The van der Waals surface area contributed by atoms with Crippen LogP contribution in [0.15, 0.2) is 42.5 Å². The first kappa shape index (κ1) is 14.4. The fourth-order valence-electron chi connectivity index (χ4n) is 2.04. The van der Waals surface area contributed by atoms with Crippen molar-refractivity contribution >= 4 is 17.3 Å². The third-order valence-corrected chi connectivity index (χ3v) is 3.35. The van der Waals surface area contributed by atoms with Crippen molar-refractivity contribution in [3.05, 3.63) is 64.4 Å². The average Bonchev–Trinajstić information content (AvgIpc) is 2.46. The summed E-state index contributed by atoms with van der Waals surface area (Å²) in [5.74, 6) is -0.260. The van der Waals surface area contributed by atoms with Crippen LogP contribution < -0.4 is 5.32 Å². The van der Waals surface area contributed by atoms with Crippen LogP contribution in [0.4, 0.5) is 10.1 Å². The molecule has 0 bridgehead atoms. The predicted molar refractivity (Wildman–Crippen MR) is 79.2 cm³/mol. The molecule has 0 fully saturated rings. The van der Waals surface area contributed by atoms with E-state index >= 15 is 0 Å². The van der Waals surface area contributed by atoms with Gasteiger partial charge in [0, 0.05) is 5.02 Å². The van der Waals surface area contributed by atoms with E-state index in [1.807, 2.05) is 6.92 Å². The molecule has 0 aliphatic rings. The van der Waals surface area contributed by atoms with Gasteiger partial charge in [-0.1, -0.05) is 30.7 Å². The monoisotopic (exact) mass is 288 g/mol. The molecule has 0 spiro atoms. The highest BCUT2D eigenvalue weighted by molar-refractivity contribution is 6.30. The molecule has 1 N–H and O–H groups in total. The van der Waals surface area contributed by atoms with Crippen molar-refractivity contribution in [2.24, 2.45) is 0 Å². The van der Waals surface area contributed by atoms with Crippen molar-refractivity contribution in [2.75, 3.05) is 5.32 Å². The van der Waals surface area contributed by atoms with Gasteiger partial charge in [-0.3, -0.25) is 0 Å². The molecular weight excluding hydrogens is 275 g/mol. The number of hydrogen-bond acceptors (Lipinski definition) is 2. The SMILES string of the molecule is CCC(Nc1cc(Cl)ccc1C#N)c1ccc(F)cc1. The zero-order valence-corrected chi connectivity index (χ0v) is 11.8. The molecule has 0 radical (unpaired) electrons. The third-order valence-electron chi connectivity index (χ3n) is 3.11. The summed E-state index contributed by atoms with van der Waals surface area (Å²) in [5.41, 5.74) is 2.20. The first-order valence-electron chi connectivity index (χ1n) is 6.35. The van der Waals surface area contributed by atoms with Gasteiger partial charge in [-0.2, -0.15) is 5.26 Å². The fraction of sp³-hybridized carbons (Fsp3) is 0.188. The van der Waals surface area contributed by atoms with Gasteiger partial charge in [-0.15, -0.1) is 0 Å². The van der Waals surface area contributed by atoms with Crippen molar-refractivity contribution in [3.8, 4) is 6.07 Å². The second-order valence-electron chi connectivity index (χ2n) is 4.46. The summed E-state index contributed by atoms with van der Waals surface area (Å²) in [5, 5.41) is 13.0. The van der Waals surface area contributed by atoms with Crippen molar-refractivity contribution < 1.29 is 4.39 Å². The van der Waals surface area contributed by atoms with Gasteiger partial charge in [0.1, 0.15) is 11.9 Å². The Hall–Kier alpha value is -2.05. The van der Waals surface area contributed by atoms with Gasteiger partial charge in [0.05, 0.1) is 17.3 Å². The molecule has 1 unspecified atom stereocenters. The Morgan fingerprint density at radius 3 is 2.55 bits per heavy atom. The van der Waals surface area contributed by atoms with Crippen LogP contribution in [0.1, 0.15) is 30.5 Å². The summed E-state index contributed by atoms with van der Waals surface area (Å²) in [6, 6.07) is 13.6. The van der Waals surface area contributed by atoms with E-state index in [1.165, 1.54) is 12.1 Å². The summed E-state index contributed by atoms with van der Waals surface area (Å²) in [7, 11) is 0. The van der Waals surface area contributed by atoms with Crippen molar-refractivity contribution in [2.45, 2.75) is 19.4 Å². The molecule has 0 aromatic heterocycles. The lowest BCUT2D eigenvalue weighted by Gasteiger charge is -2.19. The van der Waals surface area contributed by atoms with Crippen LogP contribution in [-0.4, -0.2) is 0 Å². The maximum Gasteiger partial charge on any atom is 0.123 e. The zero-order chi connectivity index (χ0) is 14.5. The summed E-state index contributed by atoms with van der Waals surface area (Å²) in [4.78, 5) is 0. The van der Waals surface area contributed by atoms with Gasteiger partial charge in [0.15, 0.2) is 0 Å². The van der Waals surface area contributed by atoms with Crippen LogP contribution in [0.3, 0.4) is 0 Å². The number of nitriles is 1. The quantitative estimate of drug-likeness (QED) is 0.867. The largest absolute Gasteiger partial charge is 0.377 e. The van der Waals surface area contributed by atoms with Crippen LogP contribution >= 0.6 is 11.6 Å². The van der Waals surface area contributed by atoms with E-state index in [9.17, 15) is 4.39 Å². The van der Waals surface area contributed by atoms with E-state index in [0.717, 1.165) is 12.0 Å². The minimum Gasteiger partial charge on any atom is -0.377 e. The Kier molecular flexibility index (Phi) is 4.60. The molecule has 2 aromatic carbocycles. The van der Waals surface area contributed by atoms with Crippen molar-refractivity contribution in [1.82, 2.24) is 0 Å². The number of rotatable bonds is 4. The maximum absolute atomic E-state index is 13.0. The number of hydrogen-bond donors (Lipinski definition) is 1. The highest BCUT2D eigenvalue weighted by atomic mass is 35.5. The van der Waals surface area contributed by atoms with Gasteiger partial charge >= 0.3 is 0 Å². The van der Waals surface area contributed by atoms with Gasteiger partial charge in [0.2, 0.25) is 0 Å². The molecule has 0 aliphatic heterocycles. The van der Waals surface area contributed by atoms with Gasteiger partial charge in [0.25, 0.3) is 0 Å². The van der Waals surface area contributed by atoms with E-state index in [2.05, 4.69) is 11.4 Å². The maximum atomic E-state index is 13.0. The third kappa shape index (κ3) is 3.28. The molecule has 0 saturated carbocycles. The molecule has 0 amide bonds. The van der Waals surface area contributed by atoms with E-state index in [4.69, 9.17) is 16.9 Å². The van der Waals surface area contributed by atoms with Crippen molar-refractivity contribution in [1.29, 1.82) is 5.26 Å². The summed E-state index contributed by atoms with van der Waals surface area (Å²) < 4.78 is 13.0. The number of benzene rings is 2. The molecule has 1 atom stereocenters. The van der Waals surface area contributed by atoms with Crippen LogP contribution in [0.25, 0.3) is 0 Å². The Labute approximate surface area is 122 Å². The number of nitrogens with zero attached hydrogens (tertiary/aromatic N) is 1. The fourth-order valence-corrected chi connectivity index (χ4v) is 2.21. The van der Waals surface area contributed by atoms with Crippen LogP contribution in [-0.2, 0) is 0 Å². The zero-order valence-electron chi connectivity index (χ0n) is 11.0. The normalized spacial score (nSPS) is 11.7. The highest BCUT2D eigenvalue weighted by Gasteiger charge is 2.12. The molecule has 0 saturated heterocycles. The Balaban J connectivity index is 2.29. The molecule has 2 aromatic rings. The van der Waals surface area contributed by atoms with Gasteiger partial charge < -0.3 is 5.32 Å². The van der Waals surface area contributed by atoms with E-state index in [-0.39, 0.29) is 11.9 Å². The molecule has 20 heavy (non-hydrogen) atoms. The van der Waals surface area contributed by atoms with E-state index < -0.39 is 0 Å². The molecule has 2 rings (SSSR count). The molecule has 0 aliphatic carbocycles. The molecular formula is C16H14ClFN2. The number of anilines is 1. The average molecular weight is 289 g/mol. The highest BCUT2D eigenvalue weighted by Crippen LogP contribution is 2.27. The van der Waals surface area contributed by atoms with Gasteiger partial charge in [-0.05, 0) is 42.3 Å². The van der Waals surface area contributed by atoms with E-state index in [1.54, 1.807) is 30.3 Å². The molecule has 102 valence electrons. The predicted octanol–water partition coefficient (Wildman–Crippen LogP) is 4.91. The minimum atomic E-state index is -0.260. The molecule has 4 heteroatoms. The summed E-state index contributed by atoms with van der Waals surface area (Å²) >= 11 is 5.97.